The predicted molar refractivity (Wildman–Crippen MR) is 82.1 cm³/mol. The number of halogens is 3. The number of aromatic nitrogens is 2. The van der Waals surface area contributed by atoms with Gasteiger partial charge in [-0.25, -0.2) is 4.98 Å². The van der Waals surface area contributed by atoms with E-state index in [1.807, 2.05) is 6.92 Å². The van der Waals surface area contributed by atoms with E-state index in [1.165, 1.54) is 4.57 Å². The molecule has 0 saturated carbocycles. The molecule has 0 amide bonds. The zero-order valence-corrected chi connectivity index (χ0v) is 12.7. The van der Waals surface area contributed by atoms with Gasteiger partial charge in [-0.05, 0) is 54.4 Å². The molecule has 3 rings (SSSR count). The second kappa shape index (κ2) is 5.25. The van der Waals surface area contributed by atoms with E-state index in [0.29, 0.717) is 22.5 Å². The molecule has 0 atom stereocenters. The SMILES string of the molecule is COc1ccc(-n2c(C(F)(F)Cl)nc3ccccc32)c(C)c1. The topological polar surface area (TPSA) is 27.1 Å². The number of para-hydroxylation sites is 2. The number of ether oxygens (including phenoxy) is 1. The van der Waals surface area contributed by atoms with Gasteiger partial charge in [-0.15, -0.1) is 0 Å². The molecule has 0 fully saturated rings. The van der Waals surface area contributed by atoms with E-state index in [0.717, 1.165) is 5.56 Å². The van der Waals surface area contributed by atoms with E-state index < -0.39 is 11.2 Å². The number of aryl methyl sites for hydroxylation is 1. The summed E-state index contributed by atoms with van der Waals surface area (Å²) in [6.07, 6.45) is 0. The first-order chi connectivity index (χ1) is 10.4. The molecule has 6 heteroatoms. The summed E-state index contributed by atoms with van der Waals surface area (Å²) in [4.78, 5) is 3.99. The van der Waals surface area contributed by atoms with Crippen LogP contribution in [0.5, 0.6) is 5.75 Å². The van der Waals surface area contributed by atoms with E-state index in [4.69, 9.17) is 16.3 Å². The highest BCUT2D eigenvalue weighted by Gasteiger charge is 2.35. The number of imidazole rings is 1. The van der Waals surface area contributed by atoms with E-state index >= 15 is 0 Å². The van der Waals surface area contributed by atoms with Crippen LogP contribution >= 0.6 is 11.6 Å². The van der Waals surface area contributed by atoms with Gasteiger partial charge < -0.3 is 4.74 Å². The maximum Gasteiger partial charge on any atom is 0.380 e. The molecule has 2 aromatic carbocycles. The molecular formula is C16H13ClF2N2O. The Labute approximate surface area is 131 Å². The fraction of sp³-hybridized carbons (Fsp3) is 0.188. The lowest BCUT2D eigenvalue weighted by molar-refractivity contribution is 0.0833. The molecule has 0 unspecified atom stereocenters. The molecule has 22 heavy (non-hydrogen) atoms. The van der Waals surface area contributed by atoms with Gasteiger partial charge in [-0.2, -0.15) is 8.78 Å². The number of alkyl halides is 3. The Morgan fingerprint density at radius 1 is 1.18 bits per heavy atom. The van der Waals surface area contributed by atoms with Gasteiger partial charge in [0.1, 0.15) is 5.75 Å². The molecule has 3 nitrogen and oxygen atoms in total. The average molecular weight is 323 g/mol. The minimum Gasteiger partial charge on any atom is -0.497 e. The lowest BCUT2D eigenvalue weighted by Crippen LogP contribution is -2.13. The summed E-state index contributed by atoms with van der Waals surface area (Å²) in [5.74, 6) is 0.161. The quantitative estimate of drug-likeness (QED) is 0.657. The predicted octanol–water partition coefficient (Wildman–Crippen LogP) is 4.63. The van der Waals surface area contributed by atoms with Gasteiger partial charge >= 0.3 is 5.38 Å². The van der Waals surface area contributed by atoms with Crippen molar-refractivity contribution in [2.45, 2.75) is 12.3 Å². The van der Waals surface area contributed by atoms with Crippen molar-refractivity contribution in [3.05, 3.63) is 53.9 Å². The third-order valence-electron chi connectivity index (χ3n) is 3.46. The summed E-state index contributed by atoms with van der Waals surface area (Å²) >= 11 is 5.25. The number of fused-ring (bicyclic) bond motifs is 1. The first-order valence-corrected chi connectivity index (χ1v) is 6.99. The standard InChI is InChI=1S/C16H13ClF2N2O/c1-10-9-11(22-2)7-8-13(10)21-14-6-4-3-5-12(14)20-15(21)16(17,18)19/h3-9H,1-2H3. The Bertz CT molecular complexity index is 840. The maximum absolute atomic E-state index is 13.8. The summed E-state index contributed by atoms with van der Waals surface area (Å²) in [7, 11) is 1.55. The Morgan fingerprint density at radius 2 is 1.91 bits per heavy atom. The van der Waals surface area contributed by atoms with Gasteiger partial charge in [-0.1, -0.05) is 12.1 Å². The molecule has 3 aromatic rings. The smallest absolute Gasteiger partial charge is 0.380 e. The molecule has 0 radical (unpaired) electrons. The molecule has 0 N–H and O–H groups in total. The van der Waals surface area contributed by atoms with Crippen molar-refractivity contribution in [2.24, 2.45) is 0 Å². The monoisotopic (exact) mass is 322 g/mol. The summed E-state index contributed by atoms with van der Waals surface area (Å²) in [6.45, 7) is 1.82. The number of hydrogen-bond donors (Lipinski definition) is 0. The van der Waals surface area contributed by atoms with Crippen LogP contribution in [-0.4, -0.2) is 16.7 Å². The Balaban J connectivity index is 2.34. The van der Waals surface area contributed by atoms with Crippen LogP contribution < -0.4 is 4.74 Å². The van der Waals surface area contributed by atoms with E-state index in [1.54, 1.807) is 49.6 Å². The Morgan fingerprint density at radius 3 is 2.55 bits per heavy atom. The van der Waals surface area contributed by atoms with Crippen LogP contribution in [0.15, 0.2) is 42.5 Å². The van der Waals surface area contributed by atoms with E-state index in [2.05, 4.69) is 4.98 Å². The van der Waals surface area contributed by atoms with Crippen molar-refractivity contribution in [2.75, 3.05) is 7.11 Å². The van der Waals surface area contributed by atoms with Crippen LogP contribution in [0.2, 0.25) is 0 Å². The average Bonchev–Trinajstić information content (AvgIpc) is 2.86. The maximum atomic E-state index is 13.8. The van der Waals surface area contributed by atoms with Crippen molar-refractivity contribution in [3.8, 4) is 11.4 Å². The second-order valence-electron chi connectivity index (χ2n) is 4.91. The lowest BCUT2D eigenvalue weighted by atomic mass is 10.1. The van der Waals surface area contributed by atoms with Crippen LogP contribution in [0, 0.1) is 6.92 Å². The molecule has 0 bridgehead atoms. The molecule has 0 aliphatic rings. The minimum atomic E-state index is -3.56. The van der Waals surface area contributed by atoms with Gasteiger partial charge in [0.05, 0.1) is 23.8 Å². The largest absolute Gasteiger partial charge is 0.497 e. The van der Waals surface area contributed by atoms with Gasteiger partial charge in [0, 0.05) is 0 Å². The molecule has 1 heterocycles. The highest BCUT2D eigenvalue weighted by molar-refractivity contribution is 6.21. The summed E-state index contributed by atoms with van der Waals surface area (Å²) in [5, 5.41) is -3.56. The zero-order chi connectivity index (χ0) is 15.9. The van der Waals surface area contributed by atoms with Gasteiger partial charge in [0.25, 0.3) is 0 Å². The molecular weight excluding hydrogens is 310 g/mol. The van der Waals surface area contributed by atoms with Crippen LogP contribution in [0.25, 0.3) is 16.7 Å². The van der Waals surface area contributed by atoms with Crippen molar-refractivity contribution in [3.63, 3.8) is 0 Å². The Kier molecular flexibility index (Phi) is 3.53. The zero-order valence-electron chi connectivity index (χ0n) is 12.0. The molecule has 0 saturated heterocycles. The third-order valence-corrected chi connectivity index (χ3v) is 3.63. The van der Waals surface area contributed by atoms with Crippen molar-refractivity contribution in [1.29, 1.82) is 0 Å². The first kappa shape index (κ1) is 14.8. The Hall–Kier alpha value is -2.14. The fourth-order valence-corrected chi connectivity index (χ4v) is 2.59. The molecule has 0 aliphatic heterocycles. The second-order valence-corrected chi connectivity index (χ2v) is 5.38. The van der Waals surface area contributed by atoms with E-state index in [-0.39, 0.29) is 0 Å². The molecule has 114 valence electrons. The normalized spacial score (nSPS) is 11.9. The van der Waals surface area contributed by atoms with Crippen molar-refractivity contribution < 1.29 is 13.5 Å². The molecule has 0 aliphatic carbocycles. The number of benzene rings is 2. The van der Waals surface area contributed by atoms with Crippen LogP contribution in [-0.2, 0) is 5.38 Å². The van der Waals surface area contributed by atoms with Crippen LogP contribution in [0.4, 0.5) is 8.78 Å². The number of hydrogen-bond acceptors (Lipinski definition) is 2. The minimum absolute atomic E-state index is 0.466. The van der Waals surface area contributed by atoms with Crippen molar-refractivity contribution >= 4 is 22.6 Å². The summed E-state index contributed by atoms with van der Waals surface area (Å²) in [6, 6.07) is 12.1. The number of nitrogens with zero attached hydrogens (tertiary/aromatic N) is 2. The first-order valence-electron chi connectivity index (χ1n) is 6.61. The van der Waals surface area contributed by atoms with E-state index in [9.17, 15) is 8.78 Å². The van der Waals surface area contributed by atoms with Gasteiger partial charge in [0.15, 0.2) is 0 Å². The summed E-state index contributed by atoms with van der Waals surface area (Å²) in [5.41, 5.74) is 2.41. The summed E-state index contributed by atoms with van der Waals surface area (Å²) < 4.78 is 34.1. The highest BCUT2D eigenvalue weighted by Crippen LogP contribution is 2.36. The van der Waals surface area contributed by atoms with Gasteiger partial charge in [0.2, 0.25) is 5.82 Å². The molecule has 0 spiro atoms. The fourth-order valence-electron chi connectivity index (χ4n) is 2.47. The molecule has 1 aromatic heterocycles. The van der Waals surface area contributed by atoms with Crippen LogP contribution in [0.1, 0.15) is 11.4 Å². The number of rotatable bonds is 3. The third kappa shape index (κ3) is 2.41. The number of methoxy groups -OCH3 is 1. The highest BCUT2D eigenvalue weighted by atomic mass is 35.5. The van der Waals surface area contributed by atoms with Crippen molar-refractivity contribution in [1.82, 2.24) is 9.55 Å². The van der Waals surface area contributed by atoms with Crippen LogP contribution in [0.3, 0.4) is 0 Å². The lowest BCUT2D eigenvalue weighted by Gasteiger charge is -2.15. The van der Waals surface area contributed by atoms with Gasteiger partial charge in [-0.3, -0.25) is 4.57 Å².